The third-order valence-electron chi connectivity index (χ3n) is 3.10. The zero-order chi connectivity index (χ0) is 21.1. The molecule has 0 fully saturated rings. The molecule has 2 rings (SSSR count). The second kappa shape index (κ2) is 8.74. The lowest BCUT2D eigenvalue weighted by molar-refractivity contribution is -0.138. The maximum atomic E-state index is 14.3. The van der Waals surface area contributed by atoms with Crippen LogP contribution in [0.5, 0.6) is 11.5 Å². The van der Waals surface area contributed by atoms with Crippen molar-refractivity contribution in [2.75, 3.05) is 6.26 Å². The topological polar surface area (TPSA) is 57.4 Å². The largest absolute Gasteiger partial charge is 0.449 e. The number of rotatable bonds is 3. The Bertz CT molecular complexity index is 951. The summed E-state index contributed by atoms with van der Waals surface area (Å²) in [5.74, 6) is -5.90. The summed E-state index contributed by atoms with van der Waals surface area (Å²) in [5, 5.41) is 10.8. The fourth-order valence-corrected chi connectivity index (χ4v) is 2.67. The van der Waals surface area contributed by atoms with Crippen LogP contribution in [0.1, 0.15) is 5.56 Å². The Hall–Kier alpha value is -2.39. The Morgan fingerprint density at radius 2 is 1.75 bits per heavy atom. The number of nitriles is 1. The summed E-state index contributed by atoms with van der Waals surface area (Å²) in [6.07, 6.45) is -1.86. The van der Waals surface area contributed by atoms with Crippen LogP contribution >= 0.6 is 27.7 Å². The summed E-state index contributed by atoms with van der Waals surface area (Å²) in [4.78, 5) is 3.82. The molecular weight excluding hydrogens is 476 g/mol. The number of nitrogens with one attached hydrogen (secondary N) is 1. The number of alkyl halides is 3. The molecule has 2 aromatic rings. The predicted octanol–water partition coefficient (Wildman–Crippen LogP) is 6.10. The number of ether oxygens (including phenoxy) is 1. The van der Waals surface area contributed by atoms with Crippen LogP contribution in [0.25, 0.3) is 0 Å². The molecule has 0 aromatic heterocycles. The molecule has 148 valence electrons. The third-order valence-corrected chi connectivity index (χ3v) is 4.14. The van der Waals surface area contributed by atoms with E-state index in [-0.39, 0.29) is 21.8 Å². The Balaban J connectivity index is 2.57. The third kappa shape index (κ3) is 5.11. The van der Waals surface area contributed by atoms with Gasteiger partial charge in [0, 0.05) is 4.47 Å². The highest BCUT2D eigenvalue weighted by molar-refractivity contribution is 9.10. The highest BCUT2D eigenvalue weighted by Gasteiger charge is 2.33. The van der Waals surface area contributed by atoms with E-state index in [1.807, 2.05) is 0 Å². The molecule has 0 atom stereocenters. The minimum atomic E-state index is -4.96. The van der Waals surface area contributed by atoms with Crippen LogP contribution in [0.4, 0.5) is 32.0 Å². The lowest BCUT2D eigenvalue weighted by atomic mass is 10.2. The van der Waals surface area contributed by atoms with Gasteiger partial charge in [0.05, 0.1) is 5.56 Å². The molecular formula is C16H8BrF6N3OS. The molecule has 0 aliphatic rings. The van der Waals surface area contributed by atoms with Gasteiger partial charge in [0.15, 0.2) is 40.3 Å². The summed E-state index contributed by atoms with van der Waals surface area (Å²) in [6.45, 7) is 0. The molecule has 0 bridgehead atoms. The molecule has 0 saturated carbocycles. The van der Waals surface area contributed by atoms with Gasteiger partial charge >= 0.3 is 6.18 Å². The first-order valence-corrected chi connectivity index (χ1v) is 9.09. The van der Waals surface area contributed by atoms with E-state index < -0.39 is 46.4 Å². The summed E-state index contributed by atoms with van der Waals surface area (Å²) < 4.78 is 85.5. The van der Waals surface area contributed by atoms with Gasteiger partial charge in [0.1, 0.15) is 5.69 Å². The van der Waals surface area contributed by atoms with Crippen molar-refractivity contribution in [2.45, 2.75) is 6.18 Å². The highest BCUT2D eigenvalue weighted by atomic mass is 79.9. The van der Waals surface area contributed by atoms with E-state index in [0.29, 0.717) is 0 Å². The van der Waals surface area contributed by atoms with Gasteiger partial charge in [-0.2, -0.15) is 18.4 Å². The molecule has 0 radical (unpaired) electrons. The number of nitrogens with zero attached hydrogens (tertiary/aromatic N) is 2. The highest BCUT2D eigenvalue weighted by Crippen LogP contribution is 2.40. The fourth-order valence-electron chi connectivity index (χ4n) is 1.93. The molecule has 0 amide bonds. The van der Waals surface area contributed by atoms with E-state index in [4.69, 9.17) is 10.00 Å². The summed E-state index contributed by atoms with van der Waals surface area (Å²) >= 11 is 3.91. The van der Waals surface area contributed by atoms with Crippen molar-refractivity contribution in [3.63, 3.8) is 0 Å². The Kier molecular flexibility index (Phi) is 6.84. The summed E-state index contributed by atoms with van der Waals surface area (Å²) in [5.41, 5.74) is -2.06. The molecule has 4 nitrogen and oxygen atoms in total. The number of benzene rings is 2. The average molecular weight is 484 g/mol. The molecule has 1 N–H and O–H groups in total. The molecule has 0 spiro atoms. The first kappa shape index (κ1) is 21.9. The van der Waals surface area contributed by atoms with Crippen molar-refractivity contribution < 1.29 is 31.1 Å². The van der Waals surface area contributed by atoms with Crippen molar-refractivity contribution >= 4 is 38.5 Å². The second-order valence-corrected chi connectivity index (χ2v) is 6.67. The number of aliphatic imine (C=N–C) groups is 1. The van der Waals surface area contributed by atoms with Crippen LogP contribution in [-0.2, 0) is 6.18 Å². The number of halogens is 7. The van der Waals surface area contributed by atoms with Crippen LogP contribution in [0.2, 0.25) is 0 Å². The quantitative estimate of drug-likeness (QED) is 0.188. The monoisotopic (exact) mass is 483 g/mol. The van der Waals surface area contributed by atoms with Gasteiger partial charge in [-0.1, -0.05) is 27.7 Å². The molecule has 0 heterocycles. The molecule has 0 saturated heterocycles. The smallest absolute Gasteiger partial charge is 0.416 e. The van der Waals surface area contributed by atoms with Crippen LogP contribution in [0.3, 0.4) is 0 Å². The molecule has 0 aliphatic heterocycles. The number of thioether (sulfide) groups is 1. The van der Waals surface area contributed by atoms with Crippen molar-refractivity contribution in [1.29, 1.82) is 5.26 Å². The van der Waals surface area contributed by atoms with E-state index >= 15 is 0 Å². The Labute approximate surface area is 167 Å². The van der Waals surface area contributed by atoms with Gasteiger partial charge in [-0.05, 0) is 30.5 Å². The van der Waals surface area contributed by atoms with Crippen LogP contribution in [0.15, 0.2) is 33.7 Å². The van der Waals surface area contributed by atoms with Gasteiger partial charge in [-0.25, -0.2) is 18.2 Å². The number of hydrogen-bond donors (Lipinski definition) is 1. The standard InChI is InChI=1S/C16H8BrF6N3OS/c1-28-15(25-6-24)26-13-9(18)4-8(17)5-12(13)27-14-10(19)2-7(3-11(14)20)16(21,22)23/h2-5H,1H3,(H,25,26). The predicted molar refractivity (Wildman–Crippen MR) is 94.9 cm³/mol. The lowest BCUT2D eigenvalue weighted by Gasteiger charge is -2.14. The van der Waals surface area contributed by atoms with Gasteiger partial charge < -0.3 is 4.74 Å². The zero-order valence-corrected chi connectivity index (χ0v) is 16.1. The van der Waals surface area contributed by atoms with Gasteiger partial charge in [-0.15, -0.1) is 0 Å². The second-order valence-electron chi connectivity index (χ2n) is 4.96. The van der Waals surface area contributed by atoms with Gasteiger partial charge in [0.2, 0.25) is 0 Å². The van der Waals surface area contributed by atoms with E-state index in [2.05, 4.69) is 26.2 Å². The Morgan fingerprint density at radius 1 is 1.14 bits per heavy atom. The van der Waals surface area contributed by atoms with Crippen molar-refractivity contribution in [3.8, 4) is 17.7 Å². The van der Waals surface area contributed by atoms with Gasteiger partial charge in [-0.3, -0.25) is 5.32 Å². The molecule has 0 unspecified atom stereocenters. The molecule has 0 aliphatic carbocycles. The minimum absolute atomic E-state index is 0.0538. The van der Waals surface area contributed by atoms with Crippen LogP contribution < -0.4 is 10.1 Å². The maximum absolute atomic E-state index is 14.3. The molecule has 2 aromatic carbocycles. The van der Waals surface area contributed by atoms with Crippen molar-refractivity contribution in [1.82, 2.24) is 5.32 Å². The maximum Gasteiger partial charge on any atom is 0.416 e. The summed E-state index contributed by atoms with van der Waals surface area (Å²) in [6, 6.07) is 2.21. The first-order valence-electron chi connectivity index (χ1n) is 7.07. The first-order chi connectivity index (χ1) is 13.1. The number of amidine groups is 1. The number of hydrogen-bond acceptors (Lipinski definition) is 4. The van der Waals surface area contributed by atoms with Crippen LogP contribution in [-0.4, -0.2) is 11.4 Å². The Morgan fingerprint density at radius 3 is 2.25 bits per heavy atom. The minimum Gasteiger partial charge on any atom is -0.449 e. The van der Waals surface area contributed by atoms with E-state index in [9.17, 15) is 26.3 Å². The zero-order valence-electron chi connectivity index (χ0n) is 13.7. The van der Waals surface area contributed by atoms with E-state index in [1.54, 1.807) is 6.19 Å². The molecule has 12 heteroatoms. The van der Waals surface area contributed by atoms with Crippen LogP contribution in [0, 0.1) is 28.9 Å². The van der Waals surface area contributed by atoms with Gasteiger partial charge in [0.25, 0.3) is 0 Å². The van der Waals surface area contributed by atoms with Crippen molar-refractivity contribution in [3.05, 3.63) is 51.8 Å². The summed E-state index contributed by atoms with van der Waals surface area (Å²) in [7, 11) is 0. The average Bonchev–Trinajstić information content (AvgIpc) is 2.58. The lowest BCUT2D eigenvalue weighted by Crippen LogP contribution is -2.12. The SMILES string of the molecule is CSC(=Nc1c(F)cc(Br)cc1Oc1c(F)cc(C(F)(F)F)cc1F)NC#N. The fraction of sp³-hybridized carbons (Fsp3) is 0.125. The normalized spacial score (nSPS) is 11.9. The van der Waals surface area contributed by atoms with Crippen molar-refractivity contribution in [2.24, 2.45) is 4.99 Å². The van der Waals surface area contributed by atoms with E-state index in [1.165, 1.54) is 6.26 Å². The van der Waals surface area contributed by atoms with E-state index in [0.717, 1.165) is 23.9 Å². The molecule has 28 heavy (non-hydrogen) atoms.